The molecule has 0 unspecified atom stereocenters. The SMILES string of the molecule is COc1ccc(N(CC(=O)N/N=C\c2ccc(Cl)cc2Cl)S(=O)(=O)c2ccc(C)cc2)cc1Cl. The van der Waals surface area contributed by atoms with Crippen LogP contribution in [0.15, 0.2) is 70.7 Å². The van der Waals surface area contributed by atoms with E-state index < -0.39 is 22.5 Å². The molecule has 3 aromatic rings. The van der Waals surface area contributed by atoms with Crippen LogP contribution in [0.25, 0.3) is 0 Å². The minimum absolute atomic E-state index is 0.0225. The molecule has 0 aliphatic rings. The first-order valence-electron chi connectivity index (χ1n) is 9.81. The minimum Gasteiger partial charge on any atom is -0.495 e. The second-order valence-corrected chi connectivity index (χ2v) is 10.2. The van der Waals surface area contributed by atoms with Gasteiger partial charge in [-0.1, -0.05) is 58.6 Å². The molecule has 0 heterocycles. The molecule has 3 aromatic carbocycles. The van der Waals surface area contributed by atoms with Crippen LogP contribution in [0, 0.1) is 6.92 Å². The first kappa shape index (κ1) is 25.8. The molecule has 0 aromatic heterocycles. The number of halogens is 3. The van der Waals surface area contributed by atoms with Gasteiger partial charge in [-0.2, -0.15) is 5.10 Å². The number of methoxy groups -OCH3 is 1. The van der Waals surface area contributed by atoms with E-state index in [4.69, 9.17) is 39.5 Å². The number of rotatable bonds is 8. The molecule has 34 heavy (non-hydrogen) atoms. The van der Waals surface area contributed by atoms with E-state index in [2.05, 4.69) is 10.5 Å². The summed E-state index contributed by atoms with van der Waals surface area (Å²) in [5, 5.41) is 4.87. The molecule has 0 saturated heterocycles. The van der Waals surface area contributed by atoms with Crippen LogP contribution in [0.4, 0.5) is 5.69 Å². The predicted octanol–water partition coefficient (Wildman–Crippen LogP) is 5.31. The van der Waals surface area contributed by atoms with Gasteiger partial charge in [-0.3, -0.25) is 9.10 Å². The van der Waals surface area contributed by atoms with Gasteiger partial charge < -0.3 is 4.74 Å². The van der Waals surface area contributed by atoms with Crippen LogP contribution in [0.3, 0.4) is 0 Å². The summed E-state index contributed by atoms with van der Waals surface area (Å²) in [6, 6.07) is 15.5. The number of hydrogen-bond donors (Lipinski definition) is 1. The summed E-state index contributed by atoms with van der Waals surface area (Å²) >= 11 is 18.2. The van der Waals surface area contributed by atoms with Gasteiger partial charge in [-0.15, -0.1) is 0 Å². The van der Waals surface area contributed by atoms with Crippen molar-refractivity contribution in [3.8, 4) is 5.75 Å². The average Bonchev–Trinajstić information content (AvgIpc) is 2.79. The topological polar surface area (TPSA) is 88.1 Å². The van der Waals surface area contributed by atoms with Crippen LogP contribution >= 0.6 is 34.8 Å². The minimum atomic E-state index is -4.11. The van der Waals surface area contributed by atoms with E-state index in [9.17, 15) is 13.2 Å². The van der Waals surface area contributed by atoms with Crippen molar-refractivity contribution in [2.24, 2.45) is 5.10 Å². The van der Waals surface area contributed by atoms with Gasteiger partial charge in [-0.05, 0) is 49.4 Å². The zero-order valence-corrected chi connectivity index (χ0v) is 21.2. The van der Waals surface area contributed by atoms with Crippen LogP contribution in [0.5, 0.6) is 5.75 Å². The number of anilines is 1. The highest BCUT2D eigenvalue weighted by Crippen LogP contribution is 2.32. The van der Waals surface area contributed by atoms with Crippen molar-refractivity contribution >= 4 is 62.6 Å². The fraction of sp³-hybridized carbons (Fsp3) is 0.130. The van der Waals surface area contributed by atoms with E-state index >= 15 is 0 Å². The third-order valence-electron chi connectivity index (χ3n) is 4.67. The molecule has 178 valence electrons. The molecule has 0 aliphatic carbocycles. The highest BCUT2D eigenvalue weighted by atomic mass is 35.5. The molecule has 7 nitrogen and oxygen atoms in total. The molecular weight excluding hydrogens is 521 g/mol. The Labute approximate surface area is 212 Å². The van der Waals surface area contributed by atoms with E-state index in [1.807, 2.05) is 6.92 Å². The number of carbonyl (C=O) groups is 1. The Bertz CT molecular complexity index is 1330. The van der Waals surface area contributed by atoms with Gasteiger partial charge >= 0.3 is 0 Å². The molecular formula is C23H20Cl3N3O4S. The van der Waals surface area contributed by atoms with Gasteiger partial charge in [0.2, 0.25) is 0 Å². The number of benzene rings is 3. The number of sulfonamides is 1. The molecule has 0 fully saturated rings. The van der Waals surface area contributed by atoms with Gasteiger partial charge in [-0.25, -0.2) is 13.8 Å². The van der Waals surface area contributed by atoms with Crippen LogP contribution in [0.1, 0.15) is 11.1 Å². The Hall–Kier alpha value is -2.78. The second kappa shape index (κ2) is 11.1. The highest BCUT2D eigenvalue weighted by Gasteiger charge is 2.27. The van der Waals surface area contributed by atoms with Crippen LogP contribution in [0.2, 0.25) is 15.1 Å². The Morgan fingerprint density at radius 1 is 1.03 bits per heavy atom. The largest absolute Gasteiger partial charge is 0.495 e. The quantitative estimate of drug-likeness (QED) is 0.310. The fourth-order valence-electron chi connectivity index (χ4n) is 2.91. The first-order valence-corrected chi connectivity index (χ1v) is 12.4. The maximum atomic E-state index is 13.4. The summed E-state index contributed by atoms with van der Waals surface area (Å²) in [5.41, 5.74) is 3.92. The maximum Gasteiger partial charge on any atom is 0.264 e. The number of hydrogen-bond acceptors (Lipinski definition) is 5. The van der Waals surface area contributed by atoms with Crippen LogP contribution in [-0.2, 0) is 14.8 Å². The lowest BCUT2D eigenvalue weighted by molar-refractivity contribution is -0.119. The van der Waals surface area contributed by atoms with Gasteiger partial charge in [0.1, 0.15) is 12.3 Å². The number of nitrogens with one attached hydrogen (secondary N) is 1. The third kappa shape index (κ3) is 6.21. The zero-order valence-electron chi connectivity index (χ0n) is 18.1. The van der Waals surface area contributed by atoms with Gasteiger partial charge in [0.25, 0.3) is 15.9 Å². The number of nitrogens with zero attached hydrogens (tertiary/aromatic N) is 2. The average molecular weight is 541 g/mol. The van der Waals surface area contributed by atoms with Crippen molar-refractivity contribution in [1.29, 1.82) is 0 Å². The number of aryl methyl sites for hydroxylation is 1. The van der Waals surface area contributed by atoms with E-state index in [1.54, 1.807) is 24.3 Å². The van der Waals surface area contributed by atoms with E-state index in [0.717, 1.165) is 9.87 Å². The van der Waals surface area contributed by atoms with Crippen molar-refractivity contribution in [1.82, 2.24) is 5.43 Å². The zero-order chi connectivity index (χ0) is 24.9. The summed E-state index contributed by atoms with van der Waals surface area (Å²) in [5.74, 6) is -0.309. The molecule has 0 saturated carbocycles. The molecule has 0 atom stereocenters. The van der Waals surface area contributed by atoms with Crippen LogP contribution in [-0.4, -0.2) is 34.2 Å². The molecule has 0 radical (unpaired) electrons. The molecule has 1 N–H and O–H groups in total. The molecule has 0 spiro atoms. The standard InChI is InChI=1S/C23H20Cl3N3O4S/c1-15-3-8-19(9-4-15)34(31,32)29(18-7-10-22(33-2)21(26)12-18)14-23(30)28-27-13-16-5-6-17(24)11-20(16)25/h3-13H,14H2,1-2H3,(H,28,30)/b27-13-. The molecule has 11 heteroatoms. The monoisotopic (exact) mass is 539 g/mol. The maximum absolute atomic E-state index is 13.4. The summed E-state index contributed by atoms with van der Waals surface area (Å²) in [6.45, 7) is 1.29. The first-order chi connectivity index (χ1) is 16.1. The van der Waals surface area contributed by atoms with Crippen molar-refractivity contribution in [2.45, 2.75) is 11.8 Å². The normalized spacial score (nSPS) is 11.4. The van der Waals surface area contributed by atoms with Crippen molar-refractivity contribution < 1.29 is 17.9 Å². The number of carbonyl (C=O) groups excluding carboxylic acids is 1. The molecule has 1 amide bonds. The van der Waals surface area contributed by atoms with E-state index in [0.29, 0.717) is 21.4 Å². The number of ether oxygens (including phenoxy) is 1. The van der Waals surface area contributed by atoms with Crippen LogP contribution < -0.4 is 14.5 Å². The Morgan fingerprint density at radius 3 is 2.35 bits per heavy atom. The molecule has 0 aliphatic heterocycles. The summed E-state index contributed by atoms with van der Waals surface area (Å²) in [4.78, 5) is 12.7. The smallest absolute Gasteiger partial charge is 0.264 e. The molecule has 0 bridgehead atoms. The Kier molecular flexibility index (Phi) is 8.43. The third-order valence-corrected chi connectivity index (χ3v) is 7.32. The summed E-state index contributed by atoms with van der Waals surface area (Å²) in [6.07, 6.45) is 1.33. The van der Waals surface area contributed by atoms with E-state index in [-0.39, 0.29) is 15.6 Å². The van der Waals surface area contributed by atoms with Gasteiger partial charge in [0, 0.05) is 10.6 Å². The second-order valence-electron chi connectivity index (χ2n) is 7.10. The number of amides is 1. The lowest BCUT2D eigenvalue weighted by Gasteiger charge is -2.24. The number of hydrazone groups is 1. The Balaban J connectivity index is 1.89. The lowest BCUT2D eigenvalue weighted by atomic mass is 10.2. The highest BCUT2D eigenvalue weighted by molar-refractivity contribution is 7.92. The van der Waals surface area contributed by atoms with E-state index in [1.165, 1.54) is 49.7 Å². The summed E-state index contributed by atoms with van der Waals surface area (Å²) < 4.78 is 32.9. The van der Waals surface area contributed by atoms with Gasteiger partial charge in [0.15, 0.2) is 0 Å². The fourth-order valence-corrected chi connectivity index (χ4v) is 5.03. The lowest BCUT2D eigenvalue weighted by Crippen LogP contribution is -2.39. The Morgan fingerprint density at radius 2 is 1.74 bits per heavy atom. The van der Waals surface area contributed by atoms with Crippen molar-refractivity contribution in [3.05, 3.63) is 86.9 Å². The predicted molar refractivity (Wildman–Crippen MR) is 136 cm³/mol. The van der Waals surface area contributed by atoms with Crippen molar-refractivity contribution in [3.63, 3.8) is 0 Å². The molecule has 3 rings (SSSR count). The van der Waals surface area contributed by atoms with Gasteiger partial charge in [0.05, 0.1) is 34.0 Å². The summed E-state index contributed by atoms with van der Waals surface area (Å²) in [7, 11) is -2.66. The van der Waals surface area contributed by atoms with Crippen molar-refractivity contribution in [2.75, 3.05) is 18.0 Å².